The Hall–Kier alpha value is -1.92. The molecule has 0 saturated heterocycles. The molecule has 2 rings (SSSR count). The second-order valence-electron chi connectivity index (χ2n) is 5.39. The molecule has 0 aliphatic heterocycles. The molecular weight excluding hydrogens is 260 g/mol. The number of aromatic nitrogens is 2. The van der Waals surface area contributed by atoms with Crippen molar-refractivity contribution in [3.8, 4) is 0 Å². The van der Waals surface area contributed by atoms with E-state index in [1.165, 1.54) is 4.68 Å². The number of carbonyl (C=O) groups excluding carboxylic acids is 1. The van der Waals surface area contributed by atoms with Gasteiger partial charge in [-0.2, -0.15) is 5.10 Å². The highest BCUT2D eigenvalue weighted by Crippen LogP contribution is 2.25. The van der Waals surface area contributed by atoms with Gasteiger partial charge in [-0.25, -0.2) is 0 Å². The van der Waals surface area contributed by atoms with Gasteiger partial charge in [0.15, 0.2) is 0 Å². The summed E-state index contributed by atoms with van der Waals surface area (Å²) < 4.78 is 1.44. The van der Waals surface area contributed by atoms with Crippen LogP contribution >= 0.6 is 0 Å². The van der Waals surface area contributed by atoms with Gasteiger partial charge in [0.25, 0.3) is 0 Å². The molecule has 7 heteroatoms. The lowest BCUT2D eigenvalue weighted by atomic mass is 10.2. The quantitative estimate of drug-likeness (QED) is 0.675. The first-order chi connectivity index (χ1) is 9.41. The van der Waals surface area contributed by atoms with Crippen molar-refractivity contribution in [3.63, 3.8) is 0 Å². The third-order valence-electron chi connectivity index (χ3n) is 3.92. The number of nitrogens with zero attached hydrogens (tertiary/aromatic N) is 3. The van der Waals surface area contributed by atoms with Crippen molar-refractivity contribution in [2.45, 2.75) is 58.5 Å². The summed E-state index contributed by atoms with van der Waals surface area (Å²) in [6.45, 7) is 4.92. The molecule has 0 aromatic carbocycles. The largest absolute Gasteiger partial charge is 0.352 e. The van der Waals surface area contributed by atoms with Crippen LogP contribution in [0.25, 0.3) is 0 Å². The van der Waals surface area contributed by atoms with E-state index in [2.05, 4.69) is 10.4 Å². The van der Waals surface area contributed by atoms with Gasteiger partial charge >= 0.3 is 5.69 Å². The second kappa shape index (κ2) is 5.60. The van der Waals surface area contributed by atoms with Gasteiger partial charge in [-0.3, -0.25) is 19.6 Å². The van der Waals surface area contributed by atoms with Crippen LogP contribution in [-0.2, 0) is 4.79 Å². The van der Waals surface area contributed by atoms with Crippen LogP contribution in [0, 0.1) is 24.0 Å². The lowest BCUT2D eigenvalue weighted by molar-refractivity contribution is -0.386. The van der Waals surface area contributed by atoms with E-state index in [-0.39, 0.29) is 17.6 Å². The Kier molecular flexibility index (Phi) is 4.06. The van der Waals surface area contributed by atoms with E-state index in [1.807, 2.05) is 0 Å². The van der Waals surface area contributed by atoms with Crippen LogP contribution in [0.3, 0.4) is 0 Å². The Bertz CT molecular complexity index is 532. The summed E-state index contributed by atoms with van der Waals surface area (Å²) in [6.07, 6.45) is 4.31. The lowest BCUT2D eigenvalue weighted by Gasteiger charge is -2.17. The van der Waals surface area contributed by atoms with E-state index in [0.29, 0.717) is 11.4 Å². The molecule has 1 aromatic heterocycles. The molecule has 1 heterocycles. The van der Waals surface area contributed by atoms with Crippen LogP contribution < -0.4 is 5.32 Å². The fraction of sp³-hybridized carbons (Fsp3) is 0.692. The molecule has 110 valence electrons. The molecule has 0 radical (unpaired) electrons. The number of hydrogen-bond donors (Lipinski definition) is 1. The molecule has 1 saturated carbocycles. The van der Waals surface area contributed by atoms with Gasteiger partial charge in [0.2, 0.25) is 5.91 Å². The summed E-state index contributed by atoms with van der Waals surface area (Å²) in [5, 5.41) is 18.1. The topological polar surface area (TPSA) is 90.1 Å². The highest BCUT2D eigenvalue weighted by atomic mass is 16.6. The molecule has 1 aromatic rings. The average Bonchev–Trinajstić information content (AvgIpc) is 2.96. The third-order valence-corrected chi connectivity index (χ3v) is 3.92. The van der Waals surface area contributed by atoms with Gasteiger partial charge in [-0.1, -0.05) is 12.8 Å². The van der Waals surface area contributed by atoms with Crippen LogP contribution in [0.1, 0.15) is 50.0 Å². The zero-order chi connectivity index (χ0) is 14.9. The van der Waals surface area contributed by atoms with Gasteiger partial charge in [-0.15, -0.1) is 0 Å². The Morgan fingerprint density at radius 2 is 2.05 bits per heavy atom. The fourth-order valence-electron chi connectivity index (χ4n) is 2.80. The summed E-state index contributed by atoms with van der Waals surface area (Å²) in [4.78, 5) is 22.7. The summed E-state index contributed by atoms with van der Waals surface area (Å²) in [7, 11) is 0. The van der Waals surface area contributed by atoms with Crippen molar-refractivity contribution in [1.29, 1.82) is 0 Å². The Morgan fingerprint density at radius 3 is 2.55 bits per heavy atom. The Labute approximate surface area is 117 Å². The Morgan fingerprint density at radius 1 is 1.45 bits per heavy atom. The van der Waals surface area contributed by atoms with E-state index in [4.69, 9.17) is 0 Å². The summed E-state index contributed by atoms with van der Waals surface area (Å²) in [6, 6.07) is -0.306. The normalized spacial score (nSPS) is 17.1. The molecule has 1 atom stereocenters. The van der Waals surface area contributed by atoms with Gasteiger partial charge in [0.1, 0.15) is 17.4 Å². The summed E-state index contributed by atoms with van der Waals surface area (Å²) in [5.41, 5.74) is 0.750. The first-order valence-electron chi connectivity index (χ1n) is 6.92. The van der Waals surface area contributed by atoms with Crippen molar-refractivity contribution in [2.75, 3.05) is 0 Å². The molecule has 0 bridgehead atoms. The number of carbonyl (C=O) groups is 1. The monoisotopic (exact) mass is 280 g/mol. The third kappa shape index (κ3) is 2.66. The number of nitrogens with one attached hydrogen (secondary N) is 1. The van der Waals surface area contributed by atoms with E-state index in [1.54, 1.807) is 20.8 Å². The first kappa shape index (κ1) is 14.5. The second-order valence-corrected chi connectivity index (χ2v) is 5.39. The molecule has 1 unspecified atom stereocenters. The van der Waals surface area contributed by atoms with Crippen molar-refractivity contribution in [1.82, 2.24) is 15.1 Å². The first-order valence-corrected chi connectivity index (χ1v) is 6.92. The van der Waals surface area contributed by atoms with Crippen molar-refractivity contribution in [3.05, 3.63) is 21.5 Å². The van der Waals surface area contributed by atoms with Crippen molar-refractivity contribution < 1.29 is 9.72 Å². The minimum atomic E-state index is -0.539. The van der Waals surface area contributed by atoms with Crippen LogP contribution in [0.5, 0.6) is 0 Å². The van der Waals surface area contributed by atoms with E-state index in [9.17, 15) is 14.9 Å². The van der Waals surface area contributed by atoms with Gasteiger partial charge in [0, 0.05) is 6.04 Å². The molecule has 7 nitrogen and oxygen atoms in total. The predicted octanol–water partition coefficient (Wildman–Crippen LogP) is 2.03. The maximum absolute atomic E-state index is 12.2. The molecule has 1 aliphatic rings. The SMILES string of the molecule is Cc1nn(C(C)C(=O)NC2CCCC2)c(C)c1[N+](=O)[O-]. The molecule has 20 heavy (non-hydrogen) atoms. The lowest BCUT2D eigenvalue weighted by Crippen LogP contribution is -2.38. The number of rotatable bonds is 4. The zero-order valence-corrected chi connectivity index (χ0v) is 12.0. The standard InChI is InChI=1S/C13H20N4O3/c1-8-12(17(19)20)9(2)16(15-8)10(3)13(18)14-11-6-4-5-7-11/h10-11H,4-7H2,1-3H3,(H,14,18). The molecule has 1 aliphatic carbocycles. The number of hydrogen-bond acceptors (Lipinski definition) is 4. The minimum Gasteiger partial charge on any atom is -0.352 e. The smallest absolute Gasteiger partial charge is 0.312 e. The van der Waals surface area contributed by atoms with Crippen molar-refractivity contribution in [2.24, 2.45) is 0 Å². The van der Waals surface area contributed by atoms with E-state index in [0.717, 1.165) is 25.7 Å². The highest BCUT2D eigenvalue weighted by molar-refractivity contribution is 5.80. The predicted molar refractivity (Wildman–Crippen MR) is 73.5 cm³/mol. The molecule has 0 spiro atoms. The van der Waals surface area contributed by atoms with E-state index < -0.39 is 11.0 Å². The van der Waals surface area contributed by atoms with E-state index >= 15 is 0 Å². The molecular formula is C13H20N4O3. The van der Waals surface area contributed by atoms with Gasteiger partial charge in [0.05, 0.1) is 4.92 Å². The maximum Gasteiger partial charge on any atom is 0.312 e. The Balaban J connectivity index is 2.16. The molecule has 1 amide bonds. The van der Waals surface area contributed by atoms with Gasteiger partial charge in [-0.05, 0) is 33.6 Å². The number of amides is 1. The average molecular weight is 280 g/mol. The zero-order valence-electron chi connectivity index (χ0n) is 12.0. The fourth-order valence-corrected chi connectivity index (χ4v) is 2.80. The maximum atomic E-state index is 12.2. The van der Waals surface area contributed by atoms with Crippen LogP contribution in [0.4, 0.5) is 5.69 Å². The molecule has 1 N–H and O–H groups in total. The molecule has 1 fully saturated rings. The van der Waals surface area contributed by atoms with Crippen LogP contribution in [0.15, 0.2) is 0 Å². The summed E-state index contributed by atoms with van der Waals surface area (Å²) in [5.74, 6) is -0.127. The van der Waals surface area contributed by atoms with Crippen LogP contribution in [-0.4, -0.2) is 26.7 Å². The number of aryl methyl sites for hydroxylation is 1. The van der Waals surface area contributed by atoms with Gasteiger partial charge < -0.3 is 5.32 Å². The highest BCUT2D eigenvalue weighted by Gasteiger charge is 2.28. The number of nitro groups is 1. The van der Waals surface area contributed by atoms with Crippen LogP contribution in [0.2, 0.25) is 0 Å². The minimum absolute atomic E-state index is 0.00878. The summed E-state index contributed by atoms with van der Waals surface area (Å²) >= 11 is 0. The van der Waals surface area contributed by atoms with Crippen molar-refractivity contribution >= 4 is 11.6 Å².